The highest BCUT2D eigenvalue weighted by molar-refractivity contribution is 7.19. The zero-order valence-corrected chi connectivity index (χ0v) is 19.1. The molecule has 1 unspecified atom stereocenters. The van der Waals surface area contributed by atoms with Crippen LogP contribution in [0, 0.1) is 0 Å². The number of aromatic nitrogens is 2. The minimum Gasteiger partial charge on any atom is -0.392 e. The summed E-state index contributed by atoms with van der Waals surface area (Å²) in [5.74, 6) is 1.50. The monoisotopic (exact) mass is 466 g/mol. The number of hydrogen-bond donors (Lipinski definition) is 2. The molecule has 1 aromatic carbocycles. The number of aliphatic hydroxyl groups is 1. The lowest BCUT2D eigenvalue weighted by Crippen LogP contribution is -2.41. The second-order valence-corrected chi connectivity index (χ2v) is 9.13. The molecule has 1 fully saturated rings. The van der Waals surface area contributed by atoms with Gasteiger partial charge in [0.2, 0.25) is 6.29 Å². The first-order valence-electron chi connectivity index (χ1n) is 10.8. The van der Waals surface area contributed by atoms with Crippen molar-refractivity contribution in [3.8, 4) is 11.4 Å². The molecule has 1 saturated heterocycles. The Labute approximate surface area is 195 Å². The summed E-state index contributed by atoms with van der Waals surface area (Å²) in [5.41, 5.74) is 2.50. The Morgan fingerprint density at radius 3 is 2.82 bits per heavy atom. The zero-order valence-electron chi connectivity index (χ0n) is 18.3. The van der Waals surface area contributed by atoms with Gasteiger partial charge >= 0.3 is 0 Å². The van der Waals surface area contributed by atoms with E-state index in [1.807, 2.05) is 36.2 Å². The Hall–Kier alpha value is -2.89. The van der Waals surface area contributed by atoms with Crippen molar-refractivity contribution in [2.24, 2.45) is 4.99 Å². The molecule has 5 rings (SSSR count). The first-order valence-corrected chi connectivity index (χ1v) is 11.7. The molecule has 2 aliphatic rings. The van der Waals surface area contributed by atoms with Gasteiger partial charge in [-0.25, -0.2) is 15.0 Å². The van der Waals surface area contributed by atoms with Gasteiger partial charge in [-0.2, -0.15) is 0 Å². The van der Waals surface area contributed by atoms with Gasteiger partial charge in [-0.1, -0.05) is 24.3 Å². The molecule has 1 atom stereocenters. The molecule has 2 aliphatic heterocycles. The fourth-order valence-electron chi connectivity index (χ4n) is 4.07. The van der Waals surface area contributed by atoms with E-state index < -0.39 is 6.29 Å². The maximum atomic E-state index is 10.1. The quantitative estimate of drug-likeness (QED) is 0.572. The van der Waals surface area contributed by atoms with Crippen LogP contribution < -0.4 is 4.90 Å². The molecular weight excluding hydrogens is 440 g/mol. The number of thiophene rings is 1. The lowest BCUT2D eigenvalue weighted by Gasteiger charge is -2.30. The second kappa shape index (κ2) is 9.54. The third-order valence-electron chi connectivity index (χ3n) is 5.72. The van der Waals surface area contributed by atoms with Crippen molar-refractivity contribution in [3.05, 3.63) is 53.0 Å². The summed E-state index contributed by atoms with van der Waals surface area (Å²) < 4.78 is 6.58. The molecule has 3 aromatic rings. The van der Waals surface area contributed by atoms with E-state index in [9.17, 15) is 10.3 Å². The Morgan fingerprint density at radius 1 is 1.21 bits per heavy atom. The van der Waals surface area contributed by atoms with E-state index in [0.717, 1.165) is 50.2 Å². The van der Waals surface area contributed by atoms with Gasteiger partial charge in [0, 0.05) is 42.5 Å². The summed E-state index contributed by atoms with van der Waals surface area (Å²) in [6, 6.07) is 9.76. The van der Waals surface area contributed by atoms with Gasteiger partial charge in [-0.3, -0.25) is 15.1 Å². The van der Waals surface area contributed by atoms with E-state index >= 15 is 0 Å². The molecule has 33 heavy (non-hydrogen) atoms. The highest BCUT2D eigenvalue weighted by atomic mass is 32.1. The lowest BCUT2D eigenvalue weighted by atomic mass is 10.1. The van der Waals surface area contributed by atoms with Crippen LogP contribution in [0.25, 0.3) is 21.6 Å². The van der Waals surface area contributed by atoms with Gasteiger partial charge in [-0.15, -0.1) is 11.3 Å². The van der Waals surface area contributed by atoms with E-state index in [2.05, 4.69) is 16.0 Å². The number of hydrogen-bond acceptors (Lipinski definition) is 10. The number of aliphatic imine (C=N–C) groups is 1. The standard InChI is InChI=1S/C23H26N6O3S/c1-27(23-24-7-4-8-29(23)31)14-17-13-19-20(33-17)22(28-9-11-32-12-10-28)26-21(25-19)18-6-3-2-5-16(18)15-30/h2-8,13,23,30-31H,9-12,14-15H2,1H3. The van der Waals surface area contributed by atoms with Crippen LogP contribution in [0.3, 0.4) is 0 Å². The van der Waals surface area contributed by atoms with Crippen molar-refractivity contribution in [2.75, 3.05) is 38.3 Å². The number of morpholine rings is 1. The highest BCUT2D eigenvalue weighted by Gasteiger charge is 2.23. The van der Waals surface area contributed by atoms with Crippen molar-refractivity contribution >= 4 is 33.6 Å². The van der Waals surface area contributed by atoms with E-state index in [1.165, 1.54) is 0 Å². The molecular formula is C23H26N6O3S. The third-order valence-corrected chi connectivity index (χ3v) is 6.83. The molecule has 10 heteroatoms. The molecule has 0 amide bonds. The Morgan fingerprint density at radius 2 is 2.03 bits per heavy atom. The average Bonchev–Trinajstić information content (AvgIpc) is 3.26. The Bertz CT molecular complexity index is 1190. The number of fused-ring (bicyclic) bond motifs is 1. The fraction of sp³-hybridized carbons (Fsp3) is 0.348. The van der Waals surface area contributed by atoms with E-state index in [1.54, 1.807) is 29.8 Å². The van der Waals surface area contributed by atoms with Crippen molar-refractivity contribution in [1.29, 1.82) is 0 Å². The normalized spacial score (nSPS) is 18.6. The van der Waals surface area contributed by atoms with Crippen LogP contribution in [-0.4, -0.2) is 76.1 Å². The lowest BCUT2D eigenvalue weighted by molar-refractivity contribution is -0.125. The van der Waals surface area contributed by atoms with Gasteiger partial charge < -0.3 is 14.7 Å². The first-order chi connectivity index (χ1) is 16.1. The predicted octanol–water partition coefficient (Wildman–Crippen LogP) is 2.69. The number of aliphatic hydroxyl groups excluding tert-OH is 1. The summed E-state index contributed by atoms with van der Waals surface area (Å²) in [7, 11) is 1.92. The average molecular weight is 467 g/mol. The number of allylic oxidation sites excluding steroid dienone is 1. The SMILES string of the molecule is CN(Cc1cc2nc(-c3ccccc3CO)nc(N3CCOCC3)c2s1)C1N=CC=CN1O. The van der Waals surface area contributed by atoms with Gasteiger partial charge in [-0.05, 0) is 24.8 Å². The van der Waals surface area contributed by atoms with Crippen molar-refractivity contribution < 1.29 is 15.1 Å². The molecule has 2 aromatic heterocycles. The third kappa shape index (κ3) is 4.48. The van der Waals surface area contributed by atoms with Crippen LogP contribution in [-0.2, 0) is 17.9 Å². The number of hydroxylamine groups is 2. The molecule has 0 saturated carbocycles. The number of nitrogens with zero attached hydrogens (tertiary/aromatic N) is 6. The minimum absolute atomic E-state index is 0.0713. The highest BCUT2D eigenvalue weighted by Crippen LogP contribution is 2.35. The summed E-state index contributed by atoms with van der Waals surface area (Å²) in [6.07, 6.45) is 4.49. The largest absolute Gasteiger partial charge is 0.392 e. The van der Waals surface area contributed by atoms with Gasteiger partial charge in [0.1, 0.15) is 0 Å². The number of benzene rings is 1. The van der Waals surface area contributed by atoms with E-state index in [-0.39, 0.29) is 6.61 Å². The van der Waals surface area contributed by atoms with Crippen LogP contribution in [0.15, 0.2) is 47.6 Å². The van der Waals surface area contributed by atoms with Crippen LogP contribution >= 0.6 is 11.3 Å². The Balaban J connectivity index is 1.54. The number of rotatable bonds is 6. The van der Waals surface area contributed by atoms with Crippen LogP contribution in [0.2, 0.25) is 0 Å². The number of ether oxygens (including phenoxy) is 1. The zero-order chi connectivity index (χ0) is 22.8. The number of anilines is 1. The van der Waals surface area contributed by atoms with Crippen LogP contribution in [0.5, 0.6) is 0 Å². The molecule has 0 spiro atoms. The van der Waals surface area contributed by atoms with Gasteiger partial charge in [0.25, 0.3) is 0 Å². The summed E-state index contributed by atoms with van der Waals surface area (Å²) in [6.45, 7) is 3.38. The Kier molecular flexibility index (Phi) is 6.34. The van der Waals surface area contributed by atoms with E-state index in [4.69, 9.17) is 14.7 Å². The van der Waals surface area contributed by atoms with Crippen LogP contribution in [0.1, 0.15) is 10.4 Å². The smallest absolute Gasteiger partial charge is 0.201 e. The topological polar surface area (TPSA) is 97.5 Å². The predicted molar refractivity (Wildman–Crippen MR) is 128 cm³/mol. The summed E-state index contributed by atoms with van der Waals surface area (Å²) >= 11 is 1.66. The molecule has 172 valence electrons. The molecule has 4 heterocycles. The maximum absolute atomic E-state index is 10.1. The van der Waals surface area contributed by atoms with Crippen molar-refractivity contribution in [2.45, 2.75) is 19.4 Å². The summed E-state index contributed by atoms with van der Waals surface area (Å²) in [5, 5.41) is 21.0. The maximum Gasteiger partial charge on any atom is 0.201 e. The second-order valence-electron chi connectivity index (χ2n) is 7.99. The van der Waals surface area contributed by atoms with Crippen LogP contribution in [0.4, 0.5) is 5.82 Å². The summed E-state index contributed by atoms with van der Waals surface area (Å²) in [4.78, 5) is 19.5. The molecule has 0 aliphatic carbocycles. The van der Waals surface area contributed by atoms with Crippen molar-refractivity contribution in [1.82, 2.24) is 19.9 Å². The van der Waals surface area contributed by atoms with Crippen molar-refractivity contribution in [3.63, 3.8) is 0 Å². The fourth-order valence-corrected chi connectivity index (χ4v) is 5.25. The molecule has 2 N–H and O–H groups in total. The van der Waals surface area contributed by atoms with Gasteiger partial charge in [0.15, 0.2) is 11.6 Å². The molecule has 0 radical (unpaired) electrons. The minimum atomic E-state index is -0.475. The first kappa shape index (κ1) is 21.9. The molecule has 0 bridgehead atoms. The van der Waals surface area contributed by atoms with Gasteiger partial charge in [0.05, 0.1) is 30.0 Å². The molecule has 9 nitrogen and oxygen atoms in total. The van der Waals surface area contributed by atoms with E-state index in [0.29, 0.717) is 25.6 Å².